The predicted molar refractivity (Wildman–Crippen MR) is 46.3 cm³/mol. The maximum Gasteiger partial charge on any atom is 0.154 e. The molecule has 10 heavy (non-hydrogen) atoms. The fraction of sp³-hybridized carbons (Fsp3) is 0.571. The lowest BCUT2D eigenvalue weighted by Crippen LogP contribution is -2.46. The number of carbonyl (C=O) groups is 1. The number of likely N-dealkylation sites (N-methyl/N-ethyl adjacent to an activating group) is 1. The molecule has 1 atom stereocenters. The summed E-state index contributed by atoms with van der Waals surface area (Å²) in [5, 5.41) is 2.85. The van der Waals surface area contributed by atoms with Gasteiger partial charge in [-0.25, -0.2) is 0 Å². The van der Waals surface area contributed by atoms with E-state index in [0.29, 0.717) is 4.91 Å². The molecule has 0 aromatic rings. The molecule has 0 radical (unpaired) electrons. The van der Waals surface area contributed by atoms with Crippen molar-refractivity contribution in [1.82, 2.24) is 5.32 Å². The van der Waals surface area contributed by atoms with E-state index in [-0.39, 0.29) is 5.78 Å². The molecule has 1 unspecified atom stereocenters. The van der Waals surface area contributed by atoms with Crippen molar-refractivity contribution >= 4 is 18.4 Å². The van der Waals surface area contributed by atoms with Crippen LogP contribution < -0.4 is 5.32 Å². The SMILES string of the molecule is C=C(S)C(C)(NC)C(C)=O. The van der Waals surface area contributed by atoms with Crippen LogP contribution in [0.15, 0.2) is 11.5 Å². The maximum absolute atomic E-state index is 11.0. The Morgan fingerprint density at radius 2 is 2.10 bits per heavy atom. The summed E-state index contributed by atoms with van der Waals surface area (Å²) in [6, 6.07) is 0. The van der Waals surface area contributed by atoms with E-state index >= 15 is 0 Å². The molecule has 0 aliphatic carbocycles. The first-order valence-electron chi connectivity index (χ1n) is 3.03. The predicted octanol–water partition coefficient (Wildman–Crippen LogP) is 0.997. The van der Waals surface area contributed by atoms with Gasteiger partial charge in [0.05, 0.1) is 0 Å². The van der Waals surface area contributed by atoms with E-state index in [1.807, 2.05) is 0 Å². The molecule has 0 aromatic heterocycles. The Kier molecular flexibility index (Phi) is 3.12. The number of carbonyl (C=O) groups excluding carboxylic acids is 1. The summed E-state index contributed by atoms with van der Waals surface area (Å²) in [4.78, 5) is 11.5. The quantitative estimate of drug-likeness (QED) is 0.601. The van der Waals surface area contributed by atoms with E-state index in [4.69, 9.17) is 0 Å². The Balaban J connectivity index is 4.55. The van der Waals surface area contributed by atoms with E-state index in [0.717, 1.165) is 0 Å². The average Bonchev–Trinajstić information content (AvgIpc) is 1.85. The van der Waals surface area contributed by atoms with Gasteiger partial charge in [0, 0.05) is 4.91 Å². The van der Waals surface area contributed by atoms with Crippen molar-refractivity contribution in [3.05, 3.63) is 11.5 Å². The number of ketones is 1. The molecule has 0 rings (SSSR count). The molecule has 0 saturated heterocycles. The van der Waals surface area contributed by atoms with E-state index in [1.165, 1.54) is 6.92 Å². The standard InChI is InChI=1S/C7H13NOS/c1-5(9)7(3,8-4)6(2)10/h8,10H,2H2,1,3-4H3. The minimum absolute atomic E-state index is 0.0231. The molecule has 0 aliphatic heterocycles. The fourth-order valence-electron chi connectivity index (χ4n) is 0.524. The fourth-order valence-corrected chi connectivity index (χ4v) is 0.793. The number of thiol groups is 1. The zero-order valence-corrected chi connectivity index (χ0v) is 7.46. The third-order valence-electron chi connectivity index (χ3n) is 1.78. The topological polar surface area (TPSA) is 29.1 Å². The highest BCUT2D eigenvalue weighted by Gasteiger charge is 2.28. The van der Waals surface area contributed by atoms with Gasteiger partial charge in [-0.15, -0.1) is 12.6 Å². The average molecular weight is 159 g/mol. The first-order valence-corrected chi connectivity index (χ1v) is 3.48. The minimum atomic E-state index is -0.677. The van der Waals surface area contributed by atoms with Crippen molar-refractivity contribution < 1.29 is 4.79 Å². The Labute approximate surface area is 67.1 Å². The van der Waals surface area contributed by atoms with Crippen LogP contribution >= 0.6 is 12.6 Å². The molecule has 0 heterocycles. The summed E-state index contributed by atoms with van der Waals surface area (Å²) in [5.74, 6) is 0.0231. The Morgan fingerprint density at radius 1 is 1.70 bits per heavy atom. The van der Waals surface area contributed by atoms with Crippen molar-refractivity contribution in [2.75, 3.05) is 7.05 Å². The number of hydrogen-bond acceptors (Lipinski definition) is 3. The molecule has 0 bridgehead atoms. The van der Waals surface area contributed by atoms with Crippen molar-refractivity contribution in [1.29, 1.82) is 0 Å². The summed E-state index contributed by atoms with van der Waals surface area (Å²) in [5.41, 5.74) is -0.677. The van der Waals surface area contributed by atoms with Gasteiger partial charge in [0.1, 0.15) is 5.54 Å². The molecule has 0 aromatic carbocycles. The van der Waals surface area contributed by atoms with Gasteiger partial charge in [-0.05, 0) is 20.9 Å². The van der Waals surface area contributed by atoms with Crippen molar-refractivity contribution in [2.45, 2.75) is 19.4 Å². The second-order valence-corrected chi connectivity index (χ2v) is 2.92. The molecule has 2 nitrogen and oxygen atoms in total. The molecule has 3 heteroatoms. The zero-order valence-electron chi connectivity index (χ0n) is 6.56. The number of Topliss-reactive ketones (excluding diaryl/α,β-unsaturated/α-hetero) is 1. The van der Waals surface area contributed by atoms with Crippen molar-refractivity contribution in [3.63, 3.8) is 0 Å². The molecule has 0 amide bonds. The molecular formula is C7H13NOS. The lowest BCUT2D eigenvalue weighted by atomic mass is 9.98. The second kappa shape index (κ2) is 3.21. The Hall–Kier alpha value is -0.280. The van der Waals surface area contributed by atoms with Gasteiger partial charge >= 0.3 is 0 Å². The van der Waals surface area contributed by atoms with Crippen LogP contribution in [0, 0.1) is 0 Å². The molecule has 0 saturated carbocycles. The zero-order chi connectivity index (χ0) is 8.36. The smallest absolute Gasteiger partial charge is 0.154 e. The van der Waals surface area contributed by atoms with Gasteiger partial charge in [0.2, 0.25) is 0 Å². The third kappa shape index (κ3) is 1.61. The van der Waals surface area contributed by atoms with E-state index < -0.39 is 5.54 Å². The molecule has 0 spiro atoms. The maximum atomic E-state index is 11.0. The van der Waals surface area contributed by atoms with Crippen LogP contribution in [0.25, 0.3) is 0 Å². The lowest BCUT2D eigenvalue weighted by Gasteiger charge is -2.25. The molecular weight excluding hydrogens is 146 g/mol. The minimum Gasteiger partial charge on any atom is -0.304 e. The first kappa shape index (κ1) is 9.72. The van der Waals surface area contributed by atoms with Crippen molar-refractivity contribution in [3.8, 4) is 0 Å². The molecule has 0 fully saturated rings. The number of rotatable bonds is 3. The van der Waals surface area contributed by atoms with E-state index in [9.17, 15) is 4.79 Å². The van der Waals surface area contributed by atoms with Crippen LogP contribution in [0.4, 0.5) is 0 Å². The van der Waals surface area contributed by atoms with Crippen LogP contribution in [0.2, 0.25) is 0 Å². The molecule has 58 valence electrons. The largest absolute Gasteiger partial charge is 0.304 e. The lowest BCUT2D eigenvalue weighted by molar-refractivity contribution is -0.120. The van der Waals surface area contributed by atoms with Crippen molar-refractivity contribution in [2.24, 2.45) is 0 Å². The highest BCUT2D eigenvalue weighted by atomic mass is 32.1. The van der Waals surface area contributed by atoms with Gasteiger partial charge in [-0.3, -0.25) is 4.79 Å². The van der Waals surface area contributed by atoms with E-state index in [2.05, 4.69) is 24.5 Å². The number of hydrogen-bond donors (Lipinski definition) is 2. The van der Waals surface area contributed by atoms with E-state index in [1.54, 1.807) is 14.0 Å². The van der Waals surface area contributed by atoms with Crippen LogP contribution in [0.5, 0.6) is 0 Å². The third-order valence-corrected chi connectivity index (χ3v) is 2.23. The second-order valence-electron chi connectivity index (χ2n) is 2.38. The highest BCUT2D eigenvalue weighted by Crippen LogP contribution is 2.17. The first-order chi connectivity index (χ1) is 4.45. The van der Waals surface area contributed by atoms with Gasteiger partial charge in [-0.1, -0.05) is 6.58 Å². The van der Waals surface area contributed by atoms with Crippen LogP contribution in [0.3, 0.4) is 0 Å². The van der Waals surface area contributed by atoms with Crippen LogP contribution in [-0.4, -0.2) is 18.4 Å². The monoisotopic (exact) mass is 159 g/mol. The molecule has 1 N–H and O–H groups in total. The summed E-state index contributed by atoms with van der Waals surface area (Å²) in [7, 11) is 1.71. The van der Waals surface area contributed by atoms with Gasteiger partial charge in [0.15, 0.2) is 5.78 Å². The van der Waals surface area contributed by atoms with Gasteiger partial charge in [0.25, 0.3) is 0 Å². The summed E-state index contributed by atoms with van der Waals surface area (Å²) in [6.45, 7) is 6.87. The van der Waals surface area contributed by atoms with Gasteiger partial charge in [-0.2, -0.15) is 0 Å². The van der Waals surface area contributed by atoms with Crippen LogP contribution in [0.1, 0.15) is 13.8 Å². The summed E-state index contributed by atoms with van der Waals surface area (Å²) in [6.07, 6.45) is 0. The van der Waals surface area contributed by atoms with Crippen LogP contribution in [-0.2, 0) is 4.79 Å². The molecule has 0 aliphatic rings. The van der Waals surface area contributed by atoms with Gasteiger partial charge < -0.3 is 5.32 Å². The normalized spacial score (nSPS) is 16.0. The Bertz CT molecular complexity index is 151. The number of nitrogens with one attached hydrogen (secondary N) is 1. The summed E-state index contributed by atoms with van der Waals surface area (Å²) >= 11 is 4.02. The highest BCUT2D eigenvalue weighted by molar-refractivity contribution is 7.84. The summed E-state index contributed by atoms with van der Waals surface area (Å²) < 4.78 is 0. The Morgan fingerprint density at radius 3 is 2.10 bits per heavy atom.